The predicted molar refractivity (Wildman–Crippen MR) is 51.1 cm³/mol. The molecule has 0 unspecified atom stereocenters. The Hall–Kier alpha value is -0.850. The van der Waals surface area contributed by atoms with Crippen molar-refractivity contribution in [2.45, 2.75) is 0 Å². The van der Waals surface area contributed by atoms with E-state index in [1.165, 1.54) is 0 Å². The van der Waals surface area contributed by atoms with Crippen LogP contribution < -0.4 is 4.74 Å². The van der Waals surface area contributed by atoms with Gasteiger partial charge in [0.15, 0.2) is 5.58 Å². The summed E-state index contributed by atoms with van der Waals surface area (Å²) in [6.07, 6.45) is 0. The summed E-state index contributed by atoms with van der Waals surface area (Å²) in [4.78, 5) is 8.13. The Labute approximate surface area is 82.1 Å². The number of ether oxygens (including phenoxy) is 1. The molecule has 0 aliphatic heterocycles. The normalized spacial score (nSPS) is 10.5. The highest BCUT2D eigenvalue weighted by Gasteiger charge is 2.04. The fraction of sp³-hybridized carbons (Fsp3) is 0.143. The monoisotopic (exact) mass is 276 g/mol. The predicted octanol–water partition coefficient (Wildman–Crippen LogP) is 1.84. The van der Waals surface area contributed by atoms with Crippen LogP contribution in [-0.2, 0) is 0 Å². The van der Waals surface area contributed by atoms with E-state index in [0.29, 0.717) is 21.0 Å². The first-order chi connectivity index (χ1) is 5.79. The number of fused-ring (bicyclic) bond motifs is 1. The largest absolute Gasteiger partial charge is 0.481 e. The van der Waals surface area contributed by atoms with E-state index in [9.17, 15) is 0 Å². The molecule has 2 aromatic rings. The number of hydrogen-bond acceptors (Lipinski definition) is 4. The maximum absolute atomic E-state index is 5.22. The third kappa shape index (κ3) is 1.24. The average molecular weight is 276 g/mol. The zero-order chi connectivity index (χ0) is 8.55. The lowest BCUT2D eigenvalue weighted by Gasteiger charge is -1.94. The molecular weight excluding hydrogens is 271 g/mol. The fourth-order valence-corrected chi connectivity index (χ4v) is 1.35. The number of oxazole rings is 1. The summed E-state index contributed by atoms with van der Waals surface area (Å²) in [6.45, 7) is 0. The smallest absolute Gasteiger partial charge is 0.259 e. The average Bonchev–Trinajstić information content (AvgIpc) is 2.43. The van der Waals surface area contributed by atoms with E-state index in [1.54, 1.807) is 19.2 Å². The van der Waals surface area contributed by atoms with Crippen LogP contribution in [0.1, 0.15) is 0 Å². The molecule has 4 nitrogen and oxygen atoms in total. The zero-order valence-electron chi connectivity index (χ0n) is 6.24. The number of nitrogens with zero attached hydrogens (tertiary/aromatic N) is 2. The van der Waals surface area contributed by atoms with Crippen molar-refractivity contribution in [2.24, 2.45) is 0 Å². The summed E-state index contributed by atoms with van der Waals surface area (Å²) in [6, 6.07) is 3.53. The first-order valence-electron chi connectivity index (χ1n) is 3.26. The lowest BCUT2D eigenvalue weighted by molar-refractivity contribution is 0.399. The number of methoxy groups -OCH3 is 1. The van der Waals surface area contributed by atoms with Crippen molar-refractivity contribution in [3.8, 4) is 5.88 Å². The summed E-state index contributed by atoms with van der Waals surface area (Å²) >= 11 is 2.00. The van der Waals surface area contributed by atoms with Crippen LogP contribution in [0.3, 0.4) is 0 Å². The van der Waals surface area contributed by atoms with Crippen LogP contribution in [0.25, 0.3) is 11.2 Å². The lowest BCUT2D eigenvalue weighted by atomic mass is 10.4. The molecule has 0 aliphatic carbocycles. The van der Waals surface area contributed by atoms with Crippen molar-refractivity contribution >= 4 is 33.8 Å². The number of rotatable bonds is 1. The molecule has 0 bridgehead atoms. The lowest BCUT2D eigenvalue weighted by Crippen LogP contribution is -1.86. The van der Waals surface area contributed by atoms with Gasteiger partial charge in [0.1, 0.15) is 0 Å². The van der Waals surface area contributed by atoms with Gasteiger partial charge in [-0.1, -0.05) is 0 Å². The van der Waals surface area contributed by atoms with Crippen LogP contribution in [0.15, 0.2) is 16.5 Å². The highest BCUT2D eigenvalue weighted by atomic mass is 127. The molecule has 0 radical (unpaired) electrons. The number of pyridine rings is 1. The third-order valence-electron chi connectivity index (χ3n) is 1.41. The molecule has 62 valence electrons. The molecule has 2 heterocycles. The van der Waals surface area contributed by atoms with Crippen LogP contribution in [-0.4, -0.2) is 17.1 Å². The van der Waals surface area contributed by atoms with E-state index >= 15 is 0 Å². The van der Waals surface area contributed by atoms with E-state index in [2.05, 4.69) is 9.97 Å². The Morgan fingerprint density at radius 3 is 3.00 bits per heavy atom. The van der Waals surface area contributed by atoms with Crippen molar-refractivity contribution in [3.63, 3.8) is 0 Å². The molecular formula is C7H5IN2O2. The van der Waals surface area contributed by atoms with Crippen LogP contribution >= 0.6 is 22.6 Å². The van der Waals surface area contributed by atoms with Gasteiger partial charge in [0.05, 0.1) is 7.11 Å². The van der Waals surface area contributed by atoms with Crippen molar-refractivity contribution < 1.29 is 9.15 Å². The van der Waals surface area contributed by atoms with Gasteiger partial charge in [-0.05, 0) is 6.07 Å². The SMILES string of the molecule is COc1ccc2oc(I)nc2n1. The molecule has 5 heteroatoms. The quantitative estimate of drug-likeness (QED) is 0.745. The van der Waals surface area contributed by atoms with Gasteiger partial charge >= 0.3 is 0 Å². The zero-order valence-corrected chi connectivity index (χ0v) is 8.40. The van der Waals surface area contributed by atoms with Gasteiger partial charge in [-0.15, -0.1) is 0 Å². The summed E-state index contributed by atoms with van der Waals surface area (Å²) in [5.41, 5.74) is 1.26. The van der Waals surface area contributed by atoms with Crippen molar-refractivity contribution in [1.29, 1.82) is 0 Å². The minimum atomic E-state index is 0.548. The van der Waals surface area contributed by atoms with Crippen LogP contribution in [0, 0.1) is 3.90 Å². The summed E-state index contributed by atoms with van der Waals surface area (Å²) in [7, 11) is 1.57. The molecule has 2 aromatic heterocycles. The maximum Gasteiger partial charge on any atom is 0.259 e. The Morgan fingerprint density at radius 1 is 1.42 bits per heavy atom. The van der Waals surface area contributed by atoms with Gasteiger partial charge in [-0.2, -0.15) is 9.97 Å². The van der Waals surface area contributed by atoms with Gasteiger partial charge in [0.2, 0.25) is 11.5 Å². The molecule has 12 heavy (non-hydrogen) atoms. The van der Waals surface area contributed by atoms with E-state index in [4.69, 9.17) is 9.15 Å². The van der Waals surface area contributed by atoms with Gasteiger partial charge in [0, 0.05) is 28.7 Å². The molecule has 0 N–H and O–H groups in total. The van der Waals surface area contributed by atoms with Crippen LogP contribution in [0.4, 0.5) is 0 Å². The first kappa shape index (κ1) is 7.78. The van der Waals surface area contributed by atoms with Gasteiger partial charge in [-0.3, -0.25) is 0 Å². The molecule has 0 atom stereocenters. The highest BCUT2D eigenvalue weighted by molar-refractivity contribution is 14.1. The van der Waals surface area contributed by atoms with Crippen molar-refractivity contribution in [2.75, 3.05) is 7.11 Å². The summed E-state index contributed by atoms with van der Waals surface area (Å²) in [5, 5.41) is 0. The van der Waals surface area contributed by atoms with Crippen LogP contribution in [0.2, 0.25) is 0 Å². The second-order valence-electron chi connectivity index (χ2n) is 2.14. The molecule has 2 rings (SSSR count). The van der Waals surface area contributed by atoms with Crippen molar-refractivity contribution in [1.82, 2.24) is 9.97 Å². The molecule has 0 spiro atoms. The van der Waals surface area contributed by atoms with Crippen LogP contribution in [0.5, 0.6) is 5.88 Å². The minimum Gasteiger partial charge on any atom is -0.481 e. The standard InChI is InChI=1S/C7H5IN2O2/c1-11-5-3-2-4-6(9-5)10-7(8)12-4/h2-3H,1H3. The maximum atomic E-state index is 5.22. The summed E-state index contributed by atoms with van der Waals surface area (Å²) < 4.78 is 10.7. The molecule has 0 saturated heterocycles. The van der Waals surface area contributed by atoms with E-state index in [0.717, 1.165) is 0 Å². The minimum absolute atomic E-state index is 0.548. The highest BCUT2D eigenvalue weighted by Crippen LogP contribution is 2.17. The van der Waals surface area contributed by atoms with Gasteiger partial charge in [0.25, 0.3) is 3.90 Å². The molecule has 0 aromatic carbocycles. The van der Waals surface area contributed by atoms with E-state index in [1.807, 2.05) is 22.6 Å². The van der Waals surface area contributed by atoms with E-state index < -0.39 is 0 Å². The Morgan fingerprint density at radius 2 is 2.25 bits per heavy atom. The molecule has 0 aliphatic rings. The number of halogens is 1. The van der Waals surface area contributed by atoms with E-state index in [-0.39, 0.29) is 0 Å². The second-order valence-corrected chi connectivity index (χ2v) is 3.07. The topological polar surface area (TPSA) is 48.2 Å². The van der Waals surface area contributed by atoms with Crippen molar-refractivity contribution in [3.05, 3.63) is 16.0 Å². The first-order valence-corrected chi connectivity index (χ1v) is 4.34. The Balaban J connectivity index is 2.66. The van der Waals surface area contributed by atoms with Gasteiger partial charge < -0.3 is 9.15 Å². The third-order valence-corrected chi connectivity index (χ3v) is 1.87. The molecule has 0 saturated carbocycles. The fourth-order valence-electron chi connectivity index (χ4n) is 0.889. The van der Waals surface area contributed by atoms with Gasteiger partial charge in [-0.25, -0.2) is 0 Å². The summed E-state index contributed by atoms with van der Waals surface area (Å²) in [5.74, 6) is 0.548. The number of hydrogen-bond donors (Lipinski definition) is 0. The Kier molecular flexibility index (Phi) is 1.87. The second kappa shape index (κ2) is 2.89. The number of aromatic nitrogens is 2. The molecule has 0 amide bonds. The Bertz CT molecular complexity index is 413. The molecule has 0 fully saturated rings.